The van der Waals surface area contributed by atoms with Crippen LogP contribution in [0.25, 0.3) is 0 Å². The molecule has 0 radical (unpaired) electrons. The van der Waals surface area contributed by atoms with Gasteiger partial charge in [0.05, 0.1) is 6.61 Å². The number of aryl methyl sites for hydroxylation is 1. The zero-order valence-corrected chi connectivity index (χ0v) is 12.4. The van der Waals surface area contributed by atoms with E-state index >= 15 is 0 Å². The van der Waals surface area contributed by atoms with E-state index in [-0.39, 0.29) is 17.5 Å². The monoisotopic (exact) mass is 286 g/mol. The van der Waals surface area contributed by atoms with Crippen LogP contribution >= 0.6 is 0 Å². The molecule has 0 spiro atoms. The van der Waals surface area contributed by atoms with E-state index in [9.17, 15) is 13.5 Å². The Hall–Kier alpha value is -0.850. The van der Waals surface area contributed by atoms with Crippen LogP contribution in [0.3, 0.4) is 0 Å². The van der Waals surface area contributed by atoms with Crippen molar-refractivity contribution in [2.24, 2.45) is 0 Å². The summed E-state index contributed by atoms with van der Waals surface area (Å²) in [6.07, 6.45) is 5.70. The zero-order chi connectivity index (χ0) is 14.0. The zero-order valence-electron chi connectivity index (χ0n) is 11.5. The lowest BCUT2D eigenvalue weighted by atomic mass is 10.3. The van der Waals surface area contributed by atoms with Gasteiger partial charge in [-0.2, -0.15) is 4.31 Å². The smallest absolute Gasteiger partial charge is 0.244 e. The number of aromatic nitrogens is 1. The number of hydrogen-bond acceptors (Lipinski definition) is 3. The minimum Gasteiger partial charge on any atom is -0.390 e. The highest BCUT2D eigenvalue weighted by Gasteiger charge is 2.31. The Morgan fingerprint density at radius 1 is 1.42 bits per heavy atom. The summed E-state index contributed by atoms with van der Waals surface area (Å²) in [5.74, 6) is 0. The molecule has 0 amide bonds. The molecule has 2 rings (SSSR count). The van der Waals surface area contributed by atoms with E-state index in [2.05, 4.69) is 0 Å². The first-order valence-corrected chi connectivity index (χ1v) is 8.22. The molecular weight excluding hydrogens is 264 g/mol. The van der Waals surface area contributed by atoms with Crippen LogP contribution in [0.1, 0.15) is 38.3 Å². The van der Waals surface area contributed by atoms with Crippen molar-refractivity contribution in [1.29, 1.82) is 0 Å². The second-order valence-corrected chi connectivity index (χ2v) is 7.07. The standard InChI is InChI=1S/C13H22N2O3S/c1-3-15-9-13(8-12(15)10-16)19(17,18)14(2)11-6-4-5-7-11/h8-9,11,16H,3-7,10H2,1-2H3. The molecule has 1 fully saturated rings. The molecule has 1 N–H and O–H groups in total. The van der Waals surface area contributed by atoms with E-state index in [0.29, 0.717) is 12.2 Å². The van der Waals surface area contributed by atoms with Gasteiger partial charge in [-0.1, -0.05) is 12.8 Å². The highest BCUT2D eigenvalue weighted by atomic mass is 32.2. The fourth-order valence-corrected chi connectivity index (χ4v) is 4.20. The lowest BCUT2D eigenvalue weighted by molar-refractivity contribution is 0.271. The summed E-state index contributed by atoms with van der Waals surface area (Å²) in [6, 6.07) is 1.69. The lowest BCUT2D eigenvalue weighted by Crippen LogP contribution is -2.35. The van der Waals surface area contributed by atoms with Crippen molar-refractivity contribution >= 4 is 10.0 Å². The molecule has 1 aliphatic carbocycles. The van der Waals surface area contributed by atoms with Gasteiger partial charge in [0.2, 0.25) is 10.0 Å². The summed E-state index contributed by atoms with van der Waals surface area (Å²) in [5.41, 5.74) is 0.640. The Kier molecular flexibility index (Phi) is 4.32. The molecule has 1 aromatic heterocycles. The highest BCUT2D eigenvalue weighted by Crippen LogP contribution is 2.28. The van der Waals surface area contributed by atoms with Crippen LogP contribution in [0.5, 0.6) is 0 Å². The van der Waals surface area contributed by atoms with Crippen LogP contribution in [0.15, 0.2) is 17.2 Å². The molecule has 1 aromatic rings. The Bertz CT molecular complexity index is 509. The summed E-state index contributed by atoms with van der Waals surface area (Å²) in [7, 11) is -1.78. The van der Waals surface area contributed by atoms with Crippen LogP contribution in [0.2, 0.25) is 0 Å². The maximum Gasteiger partial charge on any atom is 0.244 e. The molecule has 0 atom stereocenters. The molecule has 0 unspecified atom stereocenters. The fraction of sp³-hybridized carbons (Fsp3) is 0.692. The molecule has 1 aliphatic rings. The van der Waals surface area contributed by atoms with Crippen molar-refractivity contribution in [3.05, 3.63) is 18.0 Å². The van der Waals surface area contributed by atoms with E-state index in [1.54, 1.807) is 23.9 Å². The van der Waals surface area contributed by atoms with Gasteiger partial charge in [-0.15, -0.1) is 0 Å². The summed E-state index contributed by atoms with van der Waals surface area (Å²) >= 11 is 0. The van der Waals surface area contributed by atoms with Crippen molar-refractivity contribution in [3.63, 3.8) is 0 Å². The predicted octanol–water partition coefficient (Wildman–Crippen LogP) is 1.56. The molecule has 1 heterocycles. The van der Waals surface area contributed by atoms with Crippen LogP contribution in [0.4, 0.5) is 0 Å². The van der Waals surface area contributed by atoms with E-state index in [1.165, 1.54) is 4.31 Å². The van der Waals surface area contributed by atoms with Crippen LogP contribution in [-0.2, 0) is 23.2 Å². The number of aliphatic hydroxyl groups excluding tert-OH is 1. The van der Waals surface area contributed by atoms with E-state index in [4.69, 9.17) is 0 Å². The van der Waals surface area contributed by atoms with Crippen LogP contribution in [-0.4, -0.2) is 35.5 Å². The van der Waals surface area contributed by atoms with Gasteiger partial charge in [0.15, 0.2) is 0 Å². The van der Waals surface area contributed by atoms with Crippen molar-refractivity contribution in [2.45, 2.75) is 56.7 Å². The van der Waals surface area contributed by atoms with Gasteiger partial charge in [0.1, 0.15) is 4.90 Å². The molecule has 6 heteroatoms. The topological polar surface area (TPSA) is 62.5 Å². The highest BCUT2D eigenvalue weighted by molar-refractivity contribution is 7.89. The fourth-order valence-electron chi connectivity index (χ4n) is 2.72. The maximum absolute atomic E-state index is 12.5. The van der Waals surface area contributed by atoms with Gasteiger partial charge in [-0.05, 0) is 25.8 Å². The molecule has 0 bridgehead atoms. The lowest BCUT2D eigenvalue weighted by Gasteiger charge is -2.22. The Labute approximate surface area is 114 Å². The van der Waals surface area contributed by atoms with Gasteiger partial charge in [-0.3, -0.25) is 0 Å². The van der Waals surface area contributed by atoms with Crippen LogP contribution < -0.4 is 0 Å². The Morgan fingerprint density at radius 3 is 2.53 bits per heavy atom. The number of hydrogen-bond donors (Lipinski definition) is 1. The number of sulfonamides is 1. The Balaban J connectivity index is 2.30. The van der Waals surface area contributed by atoms with Gasteiger partial charge in [-0.25, -0.2) is 8.42 Å². The average molecular weight is 286 g/mol. The first kappa shape index (κ1) is 14.6. The average Bonchev–Trinajstić information content (AvgIpc) is 3.06. The number of rotatable bonds is 5. The normalized spacial score (nSPS) is 17.5. The second kappa shape index (κ2) is 5.64. The van der Waals surface area contributed by atoms with Gasteiger partial charge in [0.25, 0.3) is 0 Å². The van der Waals surface area contributed by atoms with Gasteiger partial charge in [0, 0.05) is 31.5 Å². The molecular formula is C13H22N2O3S. The third-order valence-electron chi connectivity index (χ3n) is 3.98. The summed E-state index contributed by atoms with van der Waals surface area (Å²) in [4.78, 5) is 0.285. The minimum atomic E-state index is -3.44. The van der Waals surface area contributed by atoms with Crippen molar-refractivity contribution in [2.75, 3.05) is 7.05 Å². The second-order valence-electron chi connectivity index (χ2n) is 5.07. The molecule has 19 heavy (non-hydrogen) atoms. The third kappa shape index (κ3) is 2.70. The molecule has 0 aliphatic heterocycles. The molecule has 5 nitrogen and oxygen atoms in total. The first-order valence-electron chi connectivity index (χ1n) is 6.78. The third-order valence-corrected chi connectivity index (χ3v) is 5.85. The Morgan fingerprint density at radius 2 is 2.05 bits per heavy atom. The quantitative estimate of drug-likeness (QED) is 0.893. The van der Waals surface area contributed by atoms with Crippen molar-refractivity contribution in [3.8, 4) is 0 Å². The minimum absolute atomic E-state index is 0.118. The molecule has 0 aromatic carbocycles. The SMILES string of the molecule is CCn1cc(S(=O)(=O)N(C)C2CCCC2)cc1CO. The van der Waals surface area contributed by atoms with Gasteiger partial charge < -0.3 is 9.67 Å². The van der Waals surface area contributed by atoms with E-state index in [1.807, 2.05) is 6.92 Å². The largest absolute Gasteiger partial charge is 0.390 e. The number of nitrogens with zero attached hydrogens (tertiary/aromatic N) is 2. The predicted molar refractivity (Wildman–Crippen MR) is 73.2 cm³/mol. The maximum atomic E-state index is 12.5. The van der Waals surface area contributed by atoms with E-state index < -0.39 is 10.0 Å². The van der Waals surface area contributed by atoms with E-state index in [0.717, 1.165) is 25.7 Å². The summed E-state index contributed by atoms with van der Waals surface area (Å²) in [5, 5.41) is 9.25. The first-order chi connectivity index (χ1) is 9.00. The number of aliphatic hydroxyl groups is 1. The van der Waals surface area contributed by atoms with Crippen LogP contribution in [0, 0.1) is 0 Å². The summed E-state index contributed by atoms with van der Waals surface area (Å²) < 4.78 is 28.4. The molecule has 0 saturated heterocycles. The molecule has 108 valence electrons. The van der Waals surface area contributed by atoms with Crippen molar-refractivity contribution in [1.82, 2.24) is 8.87 Å². The van der Waals surface area contributed by atoms with Crippen molar-refractivity contribution < 1.29 is 13.5 Å². The van der Waals surface area contributed by atoms with Gasteiger partial charge >= 0.3 is 0 Å². The summed E-state index contributed by atoms with van der Waals surface area (Å²) in [6.45, 7) is 2.44. The molecule has 1 saturated carbocycles.